The first-order chi connectivity index (χ1) is 17.7. The van der Waals surface area contributed by atoms with Crippen molar-refractivity contribution in [2.45, 2.75) is 80.6 Å². The van der Waals surface area contributed by atoms with Gasteiger partial charge in [-0.15, -0.1) is 11.8 Å². The molecule has 202 valence electrons. The number of ether oxygens (including phenoxy) is 1. The molecule has 3 atom stereocenters. The minimum absolute atomic E-state index is 0.0327. The van der Waals surface area contributed by atoms with Gasteiger partial charge >= 0.3 is 5.97 Å². The molecule has 0 aromatic heterocycles. The summed E-state index contributed by atoms with van der Waals surface area (Å²) in [6, 6.07) is 18.2. The summed E-state index contributed by atoms with van der Waals surface area (Å²) in [5.74, 6) is 4.57. The number of fused-ring (bicyclic) bond motifs is 1. The third-order valence-electron chi connectivity index (χ3n) is 7.77. The summed E-state index contributed by atoms with van der Waals surface area (Å²) < 4.78 is 11.5. The highest BCUT2D eigenvalue weighted by molar-refractivity contribution is 8.01. The Balaban J connectivity index is 1.52. The maximum absolute atomic E-state index is 13.7. The van der Waals surface area contributed by atoms with E-state index in [1.165, 1.54) is 16.7 Å². The minimum atomic E-state index is -2.00. The van der Waals surface area contributed by atoms with Crippen molar-refractivity contribution in [3.8, 4) is 11.8 Å². The molecule has 4 rings (SSSR count). The van der Waals surface area contributed by atoms with Crippen LogP contribution in [0.1, 0.15) is 51.8 Å². The fourth-order valence-corrected chi connectivity index (χ4v) is 6.95. The lowest BCUT2D eigenvalue weighted by Crippen LogP contribution is -2.73. The van der Waals surface area contributed by atoms with E-state index in [1.54, 1.807) is 0 Å². The van der Waals surface area contributed by atoms with Crippen LogP contribution in [0.5, 0.6) is 0 Å². The normalized spacial score (nSPS) is 24.3. The molecule has 0 bridgehead atoms. The van der Waals surface area contributed by atoms with Crippen LogP contribution in [0.3, 0.4) is 0 Å². The molecule has 0 unspecified atom stereocenters. The molecule has 0 aliphatic carbocycles. The quantitative estimate of drug-likeness (QED) is 0.232. The second kappa shape index (κ2) is 10.2. The van der Waals surface area contributed by atoms with Crippen LogP contribution in [0, 0.1) is 11.8 Å². The molecular formula is C30H37NO5SSi. The van der Waals surface area contributed by atoms with Gasteiger partial charge in [0.1, 0.15) is 11.4 Å². The number of carbonyl (C=O) groups excluding carboxylic acids is 2. The van der Waals surface area contributed by atoms with Gasteiger partial charge in [-0.2, -0.15) is 0 Å². The minimum Gasteiger partial charge on any atom is -0.451 e. The summed E-state index contributed by atoms with van der Waals surface area (Å²) in [6.45, 7) is 14.6. The average Bonchev–Trinajstić information content (AvgIpc) is 3.14. The van der Waals surface area contributed by atoms with Gasteiger partial charge in [0, 0.05) is 4.75 Å². The monoisotopic (exact) mass is 551 g/mol. The Bertz CT molecular complexity index is 1210. The van der Waals surface area contributed by atoms with Crippen molar-refractivity contribution in [2.75, 3.05) is 6.61 Å². The lowest BCUT2D eigenvalue weighted by Gasteiger charge is -2.47. The molecule has 0 spiro atoms. The predicted molar refractivity (Wildman–Crippen MR) is 153 cm³/mol. The summed E-state index contributed by atoms with van der Waals surface area (Å²) >= 11 is 1.37. The fourth-order valence-electron chi connectivity index (χ4n) is 4.51. The molecule has 2 aliphatic heterocycles. The Morgan fingerprint density at radius 3 is 2.11 bits per heavy atom. The van der Waals surface area contributed by atoms with E-state index in [0.717, 1.165) is 11.1 Å². The number of rotatable bonds is 6. The molecule has 2 aromatic rings. The molecule has 6 nitrogen and oxygen atoms in total. The summed E-state index contributed by atoms with van der Waals surface area (Å²) in [5.41, 5.74) is -0.177. The molecule has 1 N–H and O–H groups in total. The van der Waals surface area contributed by atoms with Gasteiger partial charge in [-0.25, -0.2) is 4.79 Å². The van der Waals surface area contributed by atoms with Gasteiger partial charge in [-0.1, -0.05) is 93.3 Å². The highest BCUT2D eigenvalue weighted by Gasteiger charge is 2.71. The number of esters is 1. The van der Waals surface area contributed by atoms with E-state index < -0.39 is 48.1 Å². The largest absolute Gasteiger partial charge is 0.451 e. The topological polar surface area (TPSA) is 76.1 Å². The Morgan fingerprint density at radius 2 is 1.61 bits per heavy atom. The van der Waals surface area contributed by atoms with E-state index in [1.807, 2.05) is 74.5 Å². The van der Waals surface area contributed by atoms with Gasteiger partial charge in [0.2, 0.25) is 5.60 Å². The van der Waals surface area contributed by atoms with Crippen molar-refractivity contribution in [3.05, 3.63) is 71.8 Å². The van der Waals surface area contributed by atoms with Crippen LogP contribution in [0.15, 0.2) is 60.7 Å². The SMILES string of the molecule is CC1(C)S[C@H]2N(C(=O)[C@]2(O)C#CCO[Si](C)(C)C(C)(C)C)[C@H]1C(=O)OC(c1ccccc1)c1ccccc1. The fraction of sp³-hybridized carbons (Fsp3) is 0.467. The summed E-state index contributed by atoms with van der Waals surface area (Å²) in [6.07, 6.45) is -0.618. The molecule has 2 heterocycles. The van der Waals surface area contributed by atoms with Crippen LogP contribution in [0.4, 0.5) is 0 Å². The summed E-state index contributed by atoms with van der Waals surface area (Å²) in [5, 5.41) is 10.6. The first-order valence-corrected chi connectivity index (χ1v) is 16.7. The Kier molecular flexibility index (Phi) is 7.63. The molecule has 2 fully saturated rings. The second-order valence-corrected chi connectivity index (χ2v) is 18.5. The summed E-state index contributed by atoms with van der Waals surface area (Å²) in [7, 11) is -2.00. The summed E-state index contributed by atoms with van der Waals surface area (Å²) in [4.78, 5) is 28.4. The van der Waals surface area contributed by atoms with E-state index in [4.69, 9.17) is 9.16 Å². The zero-order chi connectivity index (χ0) is 27.9. The number of benzene rings is 2. The van der Waals surface area contributed by atoms with Crippen molar-refractivity contribution in [3.63, 3.8) is 0 Å². The molecule has 2 saturated heterocycles. The van der Waals surface area contributed by atoms with Gasteiger partial charge in [0.25, 0.3) is 5.91 Å². The van der Waals surface area contributed by atoms with E-state index in [0.29, 0.717) is 0 Å². The van der Waals surface area contributed by atoms with Gasteiger partial charge in [-0.05, 0) is 43.1 Å². The molecule has 1 amide bonds. The maximum atomic E-state index is 13.7. The smallest absolute Gasteiger partial charge is 0.331 e. The average molecular weight is 552 g/mol. The number of thioether (sulfide) groups is 1. The molecule has 2 aromatic carbocycles. The van der Waals surface area contributed by atoms with Gasteiger partial charge in [0.15, 0.2) is 14.4 Å². The number of carbonyl (C=O) groups is 2. The number of amides is 1. The first-order valence-electron chi connectivity index (χ1n) is 12.9. The van der Waals surface area contributed by atoms with Crippen LogP contribution in [-0.2, 0) is 18.8 Å². The zero-order valence-electron chi connectivity index (χ0n) is 23.1. The van der Waals surface area contributed by atoms with Gasteiger partial charge < -0.3 is 19.2 Å². The third-order valence-corrected chi connectivity index (χ3v) is 13.9. The van der Waals surface area contributed by atoms with E-state index in [2.05, 4.69) is 45.7 Å². The third kappa shape index (κ3) is 5.17. The van der Waals surface area contributed by atoms with E-state index >= 15 is 0 Å². The van der Waals surface area contributed by atoms with Crippen molar-refractivity contribution in [1.82, 2.24) is 4.90 Å². The Morgan fingerprint density at radius 1 is 1.08 bits per heavy atom. The molecule has 0 radical (unpaired) electrons. The molecule has 38 heavy (non-hydrogen) atoms. The predicted octanol–water partition coefficient (Wildman–Crippen LogP) is 5.14. The Labute approximate surface area is 231 Å². The molecule has 0 saturated carbocycles. The highest BCUT2D eigenvalue weighted by atomic mass is 32.2. The number of hydrogen-bond donors (Lipinski definition) is 1. The lowest BCUT2D eigenvalue weighted by molar-refractivity contribution is -0.181. The van der Waals surface area contributed by atoms with Crippen LogP contribution >= 0.6 is 11.8 Å². The van der Waals surface area contributed by atoms with Crippen molar-refractivity contribution >= 4 is 32.0 Å². The molecular weight excluding hydrogens is 514 g/mol. The molecule has 8 heteroatoms. The highest BCUT2D eigenvalue weighted by Crippen LogP contribution is 2.55. The maximum Gasteiger partial charge on any atom is 0.331 e. The Hall–Kier alpha value is -2.57. The number of β-lactam (4-membered cyclic amide) rings is 1. The van der Waals surface area contributed by atoms with E-state index in [9.17, 15) is 14.7 Å². The van der Waals surface area contributed by atoms with E-state index in [-0.39, 0.29) is 11.6 Å². The standard InChI is InChI=1S/C30H37NO5SSi/c1-28(2,3)38(6,7)35-20-14-19-30(34)26(33)31-24(29(4,5)37-27(30)31)25(32)36-23(21-15-10-8-11-16-21)22-17-12-9-13-18-22/h8-13,15-18,23-24,27,34H,20H2,1-7H3/t24-,27+,30+/m0/s1. The van der Waals surface area contributed by atoms with Crippen molar-refractivity contribution in [2.24, 2.45) is 0 Å². The van der Waals surface area contributed by atoms with Gasteiger partial charge in [0.05, 0.1) is 6.61 Å². The van der Waals surface area contributed by atoms with Crippen LogP contribution in [-0.4, -0.2) is 58.6 Å². The first kappa shape index (κ1) is 28.4. The zero-order valence-corrected chi connectivity index (χ0v) is 25.0. The van der Waals surface area contributed by atoms with Crippen LogP contribution < -0.4 is 0 Å². The van der Waals surface area contributed by atoms with Gasteiger partial charge in [-0.3, -0.25) is 4.79 Å². The number of aliphatic hydroxyl groups is 1. The second-order valence-electron chi connectivity index (χ2n) is 11.9. The van der Waals surface area contributed by atoms with Crippen molar-refractivity contribution in [1.29, 1.82) is 0 Å². The van der Waals surface area contributed by atoms with Crippen molar-refractivity contribution < 1.29 is 23.9 Å². The molecule has 2 aliphatic rings. The van der Waals surface area contributed by atoms with Crippen LogP contribution in [0.2, 0.25) is 18.1 Å². The number of nitrogens with zero attached hydrogens (tertiary/aromatic N) is 1. The van der Waals surface area contributed by atoms with Crippen LogP contribution in [0.25, 0.3) is 0 Å². The number of hydrogen-bond acceptors (Lipinski definition) is 6. The lowest BCUT2D eigenvalue weighted by atomic mass is 9.88.